The first-order chi connectivity index (χ1) is 9.13. The SMILES string of the molecule is CCN(CC)Cc1ccc2cc([N+](=O)[O-])ccc2n1. The van der Waals surface area contributed by atoms with Crippen LogP contribution in [0.5, 0.6) is 0 Å². The molecule has 0 amide bonds. The summed E-state index contributed by atoms with van der Waals surface area (Å²) in [5.41, 5.74) is 1.89. The van der Waals surface area contributed by atoms with Crippen LogP contribution in [0.4, 0.5) is 5.69 Å². The van der Waals surface area contributed by atoms with E-state index in [4.69, 9.17) is 0 Å². The highest BCUT2D eigenvalue weighted by Crippen LogP contribution is 2.20. The Labute approximate surface area is 112 Å². The third-order valence-electron chi connectivity index (χ3n) is 3.22. The van der Waals surface area contributed by atoms with E-state index in [1.165, 1.54) is 6.07 Å². The zero-order valence-electron chi connectivity index (χ0n) is 11.2. The number of non-ortho nitro benzene ring substituents is 1. The van der Waals surface area contributed by atoms with Crippen LogP contribution in [0.2, 0.25) is 0 Å². The maximum atomic E-state index is 10.7. The summed E-state index contributed by atoms with van der Waals surface area (Å²) in [6, 6.07) is 8.60. The van der Waals surface area contributed by atoms with Crippen molar-refractivity contribution in [2.24, 2.45) is 0 Å². The second-order valence-corrected chi connectivity index (χ2v) is 4.40. The average Bonchev–Trinajstić information content (AvgIpc) is 2.43. The van der Waals surface area contributed by atoms with Crippen molar-refractivity contribution in [3.8, 4) is 0 Å². The van der Waals surface area contributed by atoms with E-state index in [-0.39, 0.29) is 10.6 Å². The van der Waals surface area contributed by atoms with Crippen molar-refractivity contribution in [2.75, 3.05) is 13.1 Å². The molecule has 0 N–H and O–H groups in total. The lowest BCUT2D eigenvalue weighted by molar-refractivity contribution is -0.384. The van der Waals surface area contributed by atoms with Crippen LogP contribution in [0.15, 0.2) is 30.3 Å². The van der Waals surface area contributed by atoms with Crippen molar-refractivity contribution >= 4 is 16.6 Å². The molecule has 0 bridgehead atoms. The quantitative estimate of drug-likeness (QED) is 0.611. The van der Waals surface area contributed by atoms with Gasteiger partial charge in [-0.3, -0.25) is 20.0 Å². The Morgan fingerprint density at radius 1 is 1.21 bits per heavy atom. The molecule has 0 radical (unpaired) electrons. The number of nitrogens with zero attached hydrogens (tertiary/aromatic N) is 3. The lowest BCUT2D eigenvalue weighted by Crippen LogP contribution is -2.22. The van der Waals surface area contributed by atoms with Gasteiger partial charge in [-0.25, -0.2) is 0 Å². The van der Waals surface area contributed by atoms with Gasteiger partial charge in [-0.2, -0.15) is 0 Å². The molecule has 100 valence electrons. The minimum absolute atomic E-state index is 0.103. The molecule has 5 heteroatoms. The molecule has 0 aliphatic heterocycles. The normalized spacial score (nSPS) is 11.1. The van der Waals surface area contributed by atoms with Gasteiger partial charge in [0.05, 0.1) is 16.1 Å². The topological polar surface area (TPSA) is 59.3 Å². The first kappa shape index (κ1) is 13.4. The fourth-order valence-electron chi connectivity index (χ4n) is 2.03. The van der Waals surface area contributed by atoms with Gasteiger partial charge in [0.15, 0.2) is 0 Å². The zero-order valence-corrected chi connectivity index (χ0v) is 11.2. The molecule has 0 saturated heterocycles. The molecule has 0 fully saturated rings. The van der Waals surface area contributed by atoms with Crippen LogP contribution in [0.25, 0.3) is 10.9 Å². The summed E-state index contributed by atoms with van der Waals surface area (Å²) >= 11 is 0. The molecule has 2 aromatic rings. The van der Waals surface area contributed by atoms with Crippen molar-refractivity contribution in [1.29, 1.82) is 0 Å². The summed E-state index contributed by atoms with van der Waals surface area (Å²) in [5, 5.41) is 11.5. The Morgan fingerprint density at radius 3 is 2.58 bits per heavy atom. The van der Waals surface area contributed by atoms with Gasteiger partial charge in [0.1, 0.15) is 0 Å². The Morgan fingerprint density at radius 2 is 1.95 bits per heavy atom. The lowest BCUT2D eigenvalue weighted by atomic mass is 10.2. The fourth-order valence-corrected chi connectivity index (χ4v) is 2.03. The lowest BCUT2D eigenvalue weighted by Gasteiger charge is -2.17. The van der Waals surface area contributed by atoms with Crippen LogP contribution in [-0.4, -0.2) is 27.9 Å². The van der Waals surface area contributed by atoms with Crippen molar-refractivity contribution < 1.29 is 4.92 Å². The number of pyridine rings is 1. The largest absolute Gasteiger partial charge is 0.298 e. The highest BCUT2D eigenvalue weighted by Gasteiger charge is 2.08. The van der Waals surface area contributed by atoms with Crippen LogP contribution in [0.3, 0.4) is 0 Å². The van der Waals surface area contributed by atoms with Gasteiger partial charge in [-0.15, -0.1) is 0 Å². The highest BCUT2D eigenvalue weighted by molar-refractivity contribution is 5.81. The summed E-state index contributed by atoms with van der Waals surface area (Å²) in [6.45, 7) is 7.01. The van der Waals surface area contributed by atoms with Gasteiger partial charge in [0, 0.05) is 24.1 Å². The predicted octanol–water partition coefficient (Wildman–Crippen LogP) is 2.98. The van der Waals surface area contributed by atoms with Crippen molar-refractivity contribution in [2.45, 2.75) is 20.4 Å². The van der Waals surface area contributed by atoms with E-state index < -0.39 is 0 Å². The molecule has 1 aromatic heterocycles. The summed E-state index contributed by atoms with van der Waals surface area (Å²) in [6.07, 6.45) is 0. The van der Waals surface area contributed by atoms with Gasteiger partial charge in [0.2, 0.25) is 0 Å². The number of nitro benzene ring substituents is 1. The van der Waals surface area contributed by atoms with Crippen LogP contribution in [0, 0.1) is 10.1 Å². The van der Waals surface area contributed by atoms with Gasteiger partial charge < -0.3 is 0 Å². The Balaban J connectivity index is 2.31. The molecular formula is C14H17N3O2. The van der Waals surface area contributed by atoms with E-state index in [9.17, 15) is 10.1 Å². The number of fused-ring (bicyclic) bond motifs is 1. The number of aromatic nitrogens is 1. The smallest absolute Gasteiger partial charge is 0.270 e. The maximum absolute atomic E-state index is 10.7. The van der Waals surface area contributed by atoms with Crippen molar-refractivity contribution in [1.82, 2.24) is 9.88 Å². The van der Waals surface area contributed by atoms with Gasteiger partial charge in [0.25, 0.3) is 5.69 Å². The fraction of sp³-hybridized carbons (Fsp3) is 0.357. The third-order valence-corrected chi connectivity index (χ3v) is 3.22. The Hall–Kier alpha value is -2.01. The molecule has 1 aromatic carbocycles. The summed E-state index contributed by atoms with van der Waals surface area (Å²) in [7, 11) is 0. The number of hydrogen-bond acceptors (Lipinski definition) is 4. The third kappa shape index (κ3) is 3.06. The van der Waals surface area contributed by atoms with Crippen molar-refractivity contribution in [3.63, 3.8) is 0 Å². The summed E-state index contributed by atoms with van der Waals surface area (Å²) < 4.78 is 0. The molecule has 5 nitrogen and oxygen atoms in total. The zero-order chi connectivity index (χ0) is 13.8. The molecule has 0 atom stereocenters. The molecule has 0 unspecified atom stereocenters. The van der Waals surface area contributed by atoms with Gasteiger partial charge >= 0.3 is 0 Å². The molecule has 19 heavy (non-hydrogen) atoms. The van der Waals surface area contributed by atoms with E-state index in [1.54, 1.807) is 12.1 Å². The van der Waals surface area contributed by atoms with Crippen molar-refractivity contribution in [3.05, 3.63) is 46.1 Å². The minimum Gasteiger partial charge on any atom is -0.298 e. The van der Waals surface area contributed by atoms with Crippen LogP contribution in [0.1, 0.15) is 19.5 Å². The Bertz CT molecular complexity index is 594. The standard InChI is InChI=1S/C14H17N3O2/c1-3-16(4-2)10-12-6-5-11-9-13(17(18)19)7-8-14(11)15-12/h5-9H,3-4,10H2,1-2H3. The highest BCUT2D eigenvalue weighted by atomic mass is 16.6. The number of rotatable bonds is 5. The average molecular weight is 259 g/mol. The number of hydrogen-bond donors (Lipinski definition) is 0. The molecule has 1 heterocycles. The van der Waals surface area contributed by atoms with E-state index in [2.05, 4.69) is 23.7 Å². The van der Waals surface area contributed by atoms with Crippen LogP contribution < -0.4 is 0 Å². The van der Waals surface area contributed by atoms with E-state index in [1.807, 2.05) is 12.1 Å². The molecule has 0 saturated carbocycles. The summed E-state index contributed by atoms with van der Waals surface area (Å²) in [5.74, 6) is 0. The Kier molecular flexibility index (Phi) is 4.06. The second-order valence-electron chi connectivity index (χ2n) is 4.40. The second kappa shape index (κ2) is 5.75. The first-order valence-electron chi connectivity index (χ1n) is 6.40. The molecule has 0 aliphatic rings. The van der Waals surface area contributed by atoms with E-state index in [0.29, 0.717) is 0 Å². The molecule has 0 spiro atoms. The van der Waals surface area contributed by atoms with Gasteiger partial charge in [-0.1, -0.05) is 19.9 Å². The first-order valence-corrected chi connectivity index (χ1v) is 6.40. The monoisotopic (exact) mass is 259 g/mol. The van der Waals surface area contributed by atoms with E-state index in [0.717, 1.165) is 36.2 Å². The predicted molar refractivity (Wildman–Crippen MR) is 75.0 cm³/mol. The maximum Gasteiger partial charge on any atom is 0.270 e. The summed E-state index contributed by atoms with van der Waals surface area (Å²) in [4.78, 5) is 17.2. The molecular weight excluding hydrogens is 242 g/mol. The minimum atomic E-state index is -0.386. The van der Waals surface area contributed by atoms with E-state index >= 15 is 0 Å². The molecule has 2 rings (SSSR count). The van der Waals surface area contributed by atoms with Crippen LogP contribution >= 0.6 is 0 Å². The number of nitro groups is 1. The molecule has 0 aliphatic carbocycles. The number of benzene rings is 1. The van der Waals surface area contributed by atoms with Crippen LogP contribution in [-0.2, 0) is 6.54 Å². The van der Waals surface area contributed by atoms with Gasteiger partial charge in [-0.05, 0) is 25.2 Å².